The predicted octanol–water partition coefficient (Wildman–Crippen LogP) is 3.19. The van der Waals surface area contributed by atoms with Crippen molar-refractivity contribution in [1.29, 1.82) is 0 Å². The van der Waals surface area contributed by atoms with E-state index in [-0.39, 0.29) is 17.7 Å². The maximum Gasteiger partial charge on any atom is 0.263 e. The lowest BCUT2D eigenvalue weighted by Gasteiger charge is -2.34. The van der Waals surface area contributed by atoms with Gasteiger partial charge in [-0.25, -0.2) is 0 Å². The third-order valence-corrected chi connectivity index (χ3v) is 5.80. The Bertz CT molecular complexity index is 756. The molecule has 24 heavy (non-hydrogen) atoms. The summed E-state index contributed by atoms with van der Waals surface area (Å²) in [5.41, 5.74) is 2.29. The molecule has 4 nitrogen and oxygen atoms in total. The number of fused-ring (bicyclic) bond motifs is 1. The van der Waals surface area contributed by atoms with Crippen LogP contribution in [0.2, 0.25) is 0 Å². The van der Waals surface area contributed by atoms with Crippen LogP contribution in [0.1, 0.15) is 28.1 Å². The highest BCUT2D eigenvalue weighted by atomic mass is 32.1. The van der Waals surface area contributed by atoms with Crippen LogP contribution in [0.5, 0.6) is 0 Å². The minimum Gasteiger partial charge on any atom is -0.337 e. The van der Waals surface area contributed by atoms with Crippen molar-refractivity contribution in [2.45, 2.75) is 19.3 Å². The van der Waals surface area contributed by atoms with Crippen LogP contribution >= 0.6 is 11.3 Å². The number of piperidine rings is 1. The van der Waals surface area contributed by atoms with Crippen LogP contribution in [-0.4, -0.2) is 36.3 Å². The van der Waals surface area contributed by atoms with Gasteiger partial charge >= 0.3 is 0 Å². The number of nitrogens with zero attached hydrogens (tertiary/aromatic N) is 2. The number of thiophene rings is 1. The molecule has 1 saturated heterocycles. The van der Waals surface area contributed by atoms with Gasteiger partial charge in [0.1, 0.15) is 0 Å². The first-order chi connectivity index (χ1) is 11.7. The zero-order chi connectivity index (χ0) is 16.5. The van der Waals surface area contributed by atoms with Crippen molar-refractivity contribution in [2.75, 3.05) is 24.5 Å². The number of para-hydroxylation sites is 1. The molecule has 0 N–H and O–H groups in total. The molecule has 124 valence electrons. The molecule has 1 fully saturated rings. The highest BCUT2D eigenvalue weighted by molar-refractivity contribution is 7.12. The number of amides is 2. The Hall–Kier alpha value is -2.14. The molecule has 0 unspecified atom stereocenters. The molecular formula is C19H20N2O2S. The Labute approximate surface area is 145 Å². The van der Waals surface area contributed by atoms with Crippen molar-refractivity contribution in [2.24, 2.45) is 5.92 Å². The van der Waals surface area contributed by atoms with E-state index in [9.17, 15) is 9.59 Å². The molecule has 0 bridgehead atoms. The molecule has 1 atom stereocenters. The van der Waals surface area contributed by atoms with E-state index in [2.05, 4.69) is 6.07 Å². The van der Waals surface area contributed by atoms with Gasteiger partial charge in [-0.1, -0.05) is 24.3 Å². The molecule has 1 aromatic carbocycles. The molecule has 0 radical (unpaired) electrons. The second-order valence-electron chi connectivity index (χ2n) is 6.44. The number of carbonyl (C=O) groups excluding carboxylic acids is 2. The van der Waals surface area contributed by atoms with Crippen LogP contribution in [-0.2, 0) is 11.2 Å². The van der Waals surface area contributed by atoms with Crippen LogP contribution in [0.15, 0.2) is 41.8 Å². The summed E-state index contributed by atoms with van der Waals surface area (Å²) in [5, 5.41) is 1.92. The highest BCUT2D eigenvalue weighted by Gasteiger charge is 2.34. The zero-order valence-electron chi connectivity index (χ0n) is 13.5. The summed E-state index contributed by atoms with van der Waals surface area (Å²) >= 11 is 1.46. The van der Waals surface area contributed by atoms with Gasteiger partial charge in [0, 0.05) is 25.3 Å². The smallest absolute Gasteiger partial charge is 0.263 e. The molecule has 0 saturated carbocycles. The monoisotopic (exact) mass is 340 g/mol. The number of anilines is 1. The van der Waals surface area contributed by atoms with E-state index in [0.717, 1.165) is 42.9 Å². The SMILES string of the molecule is O=C(c1cccs1)N1CCC[C@@H](C(=O)N2CCc3ccccc32)C1. The Morgan fingerprint density at radius 3 is 2.79 bits per heavy atom. The number of rotatable bonds is 2. The topological polar surface area (TPSA) is 40.6 Å². The second kappa shape index (κ2) is 6.40. The van der Waals surface area contributed by atoms with Crippen molar-refractivity contribution >= 4 is 28.8 Å². The molecule has 2 aliphatic rings. The first kappa shape index (κ1) is 15.4. The summed E-state index contributed by atoms with van der Waals surface area (Å²) in [4.78, 5) is 30.1. The van der Waals surface area contributed by atoms with E-state index in [1.807, 2.05) is 45.5 Å². The first-order valence-electron chi connectivity index (χ1n) is 8.46. The van der Waals surface area contributed by atoms with Crippen LogP contribution in [0, 0.1) is 5.92 Å². The molecule has 2 aliphatic heterocycles. The molecule has 2 amide bonds. The fourth-order valence-electron chi connectivity index (χ4n) is 3.71. The zero-order valence-corrected chi connectivity index (χ0v) is 14.3. The Balaban J connectivity index is 1.48. The summed E-state index contributed by atoms with van der Waals surface area (Å²) in [7, 11) is 0. The Kier molecular flexibility index (Phi) is 4.10. The minimum atomic E-state index is -0.0891. The average molecular weight is 340 g/mol. The maximum absolute atomic E-state index is 13.0. The molecule has 0 aliphatic carbocycles. The predicted molar refractivity (Wildman–Crippen MR) is 95.4 cm³/mol. The van der Waals surface area contributed by atoms with Gasteiger partial charge in [-0.2, -0.15) is 0 Å². The van der Waals surface area contributed by atoms with Gasteiger partial charge in [-0.15, -0.1) is 11.3 Å². The van der Waals surface area contributed by atoms with E-state index in [1.54, 1.807) is 0 Å². The van der Waals surface area contributed by atoms with Gasteiger partial charge in [0.05, 0.1) is 10.8 Å². The van der Waals surface area contributed by atoms with Gasteiger partial charge in [-0.05, 0) is 42.3 Å². The third kappa shape index (κ3) is 2.73. The van der Waals surface area contributed by atoms with Gasteiger partial charge in [0.15, 0.2) is 0 Å². The van der Waals surface area contributed by atoms with E-state index >= 15 is 0 Å². The molecule has 1 aromatic heterocycles. The standard InChI is InChI=1S/C19H20N2O2S/c22-18(21-11-9-14-5-1-2-7-16(14)21)15-6-3-10-20(13-15)19(23)17-8-4-12-24-17/h1-2,4-5,7-8,12,15H,3,6,9-11,13H2/t15-/m1/s1. The highest BCUT2D eigenvalue weighted by Crippen LogP contribution is 2.31. The fraction of sp³-hybridized carbons (Fsp3) is 0.368. The van der Waals surface area contributed by atoms with Crippen molar-refractivity contribution in [3.8, 4) is 0 Å². The third-order valence-electron chi connectivity index (χ3n) is 4.94. The summed E-state index contributed by atoms with van der Waals surface area (Å²) < 4.78 is 0. The number of hydrogen-bond donors (Lipinski definition) is 0. The Morgan fingerprint density at radius 2 is 1.96 bits per heavy atom. The molecule has 0 spiro atoms. The normalized spacial score (nSPS) is 20.1. The van der Waals surface area contributed by atoms with E-state index in [0.29, 0.717) is 6.54 Å². The fourth-order valence-corrected chi connectivity index (χ4v) is 4.40. The van der Waals surface area contributed by atoms with Gasteiger partial charge in [0.25, 0.3) is 5.91 Å². The summed E-state index contributed by atoms with van der Waals surface area (Å²) in [5.74, 6) is 0.141. The van der Waals surface area contributed by atoms with Gasteiger partial charge < -0.3 is 9.80 Å². The first-order valence-corrected chi connectivity index (χ1v) is 9.34. The van der Waals surface area contributed by atoms with Crippen LogP contribution in [0.4, 0.5) is 5.69 Å². The number of carbonyl (C=O) groups is 2. The lowest BCUT2D eigenvalue weighted by atomic mass is 9.96. The second-order valence-corrected chi connectivity index (χ2v) is 7.38. The van der Waals surface area contributed by atoms with Crippen LogP contribution in [0.25, 0.3) is 0 Å². The van der Waals surface area contributed by atoms with Crippen molar-refractivity contribution in [1.82, 2.24) is 4.90 Å². The summed E-state index contributed by atoms with van der Waals surface area (Å²) in [6.07, 6.45) is 2.68. The van der Waals surface area contributed by atoms with E-state index in [4.69, 9.17) is 0 Å². The van der Waals surface area contributed by atoms with Crippen molar-refractivity contribution in [3.63, 3.8) is 0 Å². The molecule has 4 rings (SSSR count). The summed E-state index contributed by atoms with van der Waals surface area (Å²) in [6.45, 7) is 2.04. The molecule has 2 aromatic rings. The lowest BCUT2D eigenvalue weighted by molar-refractivity contribution is -0.123. The van der Waals surface area contributed by atoms with Gasteiger partial charge in [-0.3, -0.25) is 9.59 Å². The number of benzene rings is 1. The lowest BCUT2D eigenvalue weighted by Crippen LogP contribution is -2.46. The van der Waals surface area contributed by atoms with E-state index in [1.165, 1.54) is 16.9 Å². The quantitative estimate of drug-likeness (QED) is 0.842. The minimum absolute atomic E-state index is 0.0596. The van der Waals surface area contributed by atoms with Crippen LogP contribution in [0.3, 0.4) is 0 Å². The number of likely N-dealkylation sites (tertiary alicyclic amines) is 1. The molecular weight excluding hydrogens is 320 g/mol. The summed E-state index contributed by atoms with van der Waals surface area (Å²) in [6, 6.07) is 11.9. The Morgan fingerprint density at radius 1 is 1.08 bits per heavy atom. The van der Waals surface area contributed by atoms with Crippen molar-refractivity contribution in [3.05, 3.63) is 52.2 Å². The van der Waals surface area contributed by atoms with Gasteiger partial charge in [0.2, 0.25) is 5.91 Å². The largest absolute Gasteiger partial charge is 0.337 e. The molecule has 3 heterocycles. The average Bonchev–Trinajstić information content (AvgIpc) is 3.30. The maximum atomic E-state index is 13.0. The number of hydrogen-bond acceptors (Lipinski definition) is 3. The molecule has 5 heteroatoms. The van der Waals surface area contributed by atoms with Crippen molar-refractivity contribution < 1.29 is 9.59 Å². The van der Waals surface area contributed by atoms with Crippen LogP contribution < -0.4 is 4.90 Å². The van der Waals surface area contributed by atoms with E-state index < -0.39 is 0 Å².